The molecule has 2 aromatic carbocycles. The number of hydrogen-bond acceptors (Lipinski definition) is 7. The van der Waals surface area contributed by atoms with E-state index in [1.54, 1.807) is 35.0 Å². The molecule has 0 radical (unpaired) electrons. The number of hydrazine groups is 1. The van der Waals surface area contributed by atoms with Crippen molar-refractivity contribution in [2.24, 2.45) is 0 Å². The quantitative estimate of drug-likeness (QED) is 0.347. The number of rotatable bonds is 6. The first-order valence-corrected chi connectivity index (χ1v) is 10.4. The molecule has 160 valence electrons. The number of amides is 2. The van der Waals surface area contributed by atoms with Crippen LogP contribution < -0.4 is 10.9 Å². The standard InChI is InChI=1S/C22H17N5O4S/c28-18(24-25-21(29)15-8-3-1-4-9-15)14-31-22(30)19-23-20(17-12-7-13-32-17)27(26-19)16-10-5-2-6-11-16/h1-13H,14H2,(H,24,28)(H,25,29). The number of hydrogen-bond donors (Lipinski definition) is 2. The lowest BCUT2D eigenvalue weighted by Crippen LogP contribution is -2.43. The van der Waals surface area contributed by atoms with Gasteiger partial charge in [0.2, 0.25) is 0 Å². The first kappa shape index (κ1) is 20.9. The second kappa shape index (κ2) is 9.67. The van der Waals surface area contributed by atoms with Crippen LogP contribution in [0.5, 0.6) is 0 Å². The summed E-state index contributed by atoms with van der Waals surface area (Å²) in [7, 11) is 0. The Labute approximate surface area is 186 Å². The number of esters is 1. The van der Waals surface area contributed by atoms with E-state index < -0.39 is 24.4 Å². The highest BCUT2D eigenvalue weighted by atomic mass is 32.1. The van der Waals surface area contributed by atoms with E-state index in [1.807, 2.05) is 47.8 Å². The highest BCUT2D eigenvalue weighted by Gasteiger charge is 2.21. The van der Waals surface area contributed by atoms with Crippen molar-refractivity contribution >= 4 is 29.1 Å². The molecular formula is C22H17N5O4S. The molecule has 0 atom stereocenters. The monoisotopic (exact) mass is 447 g/mol. The van der Waals surface area contributed by atoms with E-state index in [0.29, 0.717) is 11.4 Å². The lowest BCUT2D eigenvalue weighted by Gasteiger charge is -2.07. The second-order valence-corrected chi connectivity index (χ2v) is 7.38. The van der Waals surface area contributed by atoms with Crippen molar-refractivity contribution in [1.29, 1.82) is 0 Å². The summed E-state index contributed by atoms with van der Waals surface area (Å²) >= 11 is 1.46. The van der Waals surface area contributed by atoms with Gasteiger partial charge in [-0.2, -0.15) is 4.98 Å². The predicted molar refractivity (Wildman–Crippen MR) is 117 cm³/mol. The van der Waals surface area contributed by atoms with Crippen LogP contribution in [0.3, 0.4) is 0 Å². The van der Waals surface area contributed by atoms with Gasteiger partial charge in [-0.15, -0.1) is 16.4 Å². The maximum Gasteiger partial charge on any atom is 0.378 e. The molecule has 0 saturated heterocycles. The van der Waals surface area contributed by atoms with Gasteiger partial charge >= 0.3 is 5.97 Å². The van der Waals surface area contributed by atoms with Crippen LogP contribution in [-0.4, -0.2) is 39.2 Å². The third-order valence-electron chi connectivity index (χ3n) is 4.22. The topological polar surface area (TPSA) is 115 Å². The highest BCUT2D eigenvalue weighted by Crippen LogP contribution is 2.25. The summed E-state index contributed by atoms with van der Waals surface area (Å²) in [5.41, 5.74) is 5.55. The molecule has 0 saturated carbocycles. The summed E-state index contributed by atoms with van der Waals surface area (Å²) in [6, 6.07) is 21.3. The fourth-order valence-corrected chi connectivity index (χ4v) is 3.43. The van der Waals surface area contributed by atoms with Gasteiger partial charge in [-0.1, -0.05) is 42.5 Å². The number of nitrogens with one attached hydrogen (secondary N) is 2. The van der Waals surface area contributed by atoms with E-state index in [2.05, 4.69) is 20.9 Å². The smallest absolute Gasteiger partial charge is 0.378 e. The molecule has 4 rings (SSSR count). The average molecular weight is 447 g/mol. The number of nitrogens with zero attached hydrogens (tertiary/aromatic N) is 3. The van der Waals surface area contributed by atoms with E-state index in [4.69, 9.17) is 4.74 Å². The minimum absolute atomic E-state index is 0.182. The summed E-state index contributed by atoms with van der Waals surface area (Å²) in [6.07, 6.45) is 0. The number of thiophene rings is 1. The third kappa shape index (κ3) is 4.87. The molecule has 2 aromatic heterocycles. The molecule has 0 spiro atoms. The Balaban J connectivity index is 1.40. The molecule has 2 amide bonds. The largest absolute Gasteiger partial charge is 0.450 e. The molecule has 0 aliphatic carbocycles. The van der Waals surface area contributed by atoms with E-state index in [1.165, 1.54) is 11.3 Å². The van der Waals surface area contributed by atoms with Gasteiger partial charge in [-0.05, 0) is 35.7 Å². The first-order valence-electron chi connectivity index (χ1n) is 9.49. The van der Waals surface area contributed by atoms with Crippen LogP contribution in [-0.2, 0) is 9.53 Å². The van der Waals surface area contributed by atoms with E-state index in [9.17, 15) is 14.4 Å². The Kier molecular flexibility index (Phi) is 6.33. The van der Waals surface area contributed by atoms with Gasteiger partial charge in [0.25, 0.3) is 17.6 Å². The Bertz CT molecular complexity index is 1220. The van der Waals surface area contributed by atoms with Gasteiger partial charge < -0.3 is 4.74 Å². The number of carbonyl (C=O) groups is 3. The van der Waals surface area contributed by atoms with Crippen molar-refractivity contribution in [3.63, 3.8) is 0 Å². The molecule has 4 aromatic rings. The molecule has 0 aliphatic heterocycles. The molecular weight excluding hydrogens is 430 g/mol. The van der Waals surface area contributed by atoms with Gasteiger partial charge in [-0.3, -0.25) is 20.4 Å². The van der Waals surface area contributed by atoms with Crippen molar-refractivity contribution in [3.8, 4) is 16.4 Å². The normalized spacial score (nSPS) is 10.4. The number of para-hydroxylation sites is 1. The summed E-state index contributed by atoms with van der Waals surface area (Å²) in [6.45, 7) is -0.609. The molecule has 0 unspecified atom stereocenters. The van der Waals surface area contributed by atoms with E-state index >= 15 is 0 Å². The van der Waals surface area contributed by atoms with Crippen LogP contribution in [0, 0.1) is 0 Å². The highest BCUT2D eigenvalue weighted by molar-refractivity contribution is 7.13. The lowest BCUT2D eigenvalue weighted by molar-refractivity contribution is -0.125. The Morgan fingerprint density at radius 1 is 0.906 bits per heavy atom. The van der Waals surface area contributed by atoms with Gasteiger partial charge in [0.1, 0.15) is 0 Å². The Morgan fingerprint density at radius 3 is 2.31 bits per heavy atom. The average Bonchev–Trinajstić information content (AvgIpc) is 3.52. The van der Waals surface area contributed by atoms with Gasteiger partial charge in [0.05, 0.1) is 10.6 Å². The zero-order chi connectivity index (χ0) is 22.3. The molecule has 0 aliphatic rings. The maximum atomic E-state index is 12.5. The zero-order valence-electron chi connectivity index (χ0n) is 16.6. The summed E-state index contributed by atoms with van der Waals surface area (Å²) in [5, 5.41) is 6.16. The number of carbonyl (C=O) groups excluding carboxylic acids is 3. The fourth-order valence-electron chi connectivity index (χ4n) is 2.73. The van der Waals surface area contributed by atoms with Gasteiger partial charge in [-0.25, -0.2) is 9.48 Å². The molecule has 9 nitrogen and oxygen atoms in total. The van der Waals surface area contributed by atoms with Crippen molar-refractivity contribution < 1.29 is 19.1 Å². The van der Waals surface area contributed by atoms with Crippen molar-refractivity contribution in [1.82, 2.24) is 25.6 Å². The van der Waals surface area contributed by atoms with Gasteiger partial charge in [0, 0.05) is 5.56 Å². The fraction of sp³-hybridized carbons (Fsp3) is 0.0455. The van der Waals surface area contributed by atoms with Crippen LogP contribution in [0.4, 0.5) is 0 Å². The minimum atomic E-state index is -0.859. The zero-order valence-corrected chi connectivity index (χ0v) is 17.4. The Hall–Kier alpha value is -4.31. The first-order chi connectivity index (χ1) is 15.6. The maximum absolute atomic E-state index is 12.5. The van der Waals surface area contributed by atoms with Crippen molar-refractivity contribution in [2.75, 3.05) is 6.61 Å². The van der Waals surface area contributed by atoms with Crippen molar-refractivity contribution in [3.05, 3.63) is 89.6 Å². The number of benzene rings is 2. The molecule has 10 heteroatoms. The predicted octanol–water partition coefficient (Wildman–Crippen LogP) is 2.61. The lowest BCUT2D eigenvalue weighted by atomic mass is 10.2. The summed E-state index contributed by atoms with van der Waals surface area (Å²) < 4.78 is 6.56. The Morgan fingerprint density at radius 2 is 1.62 bits per heavy atom. The van der Waals surface area contributed by atoms with Gasteiger partial charge in [0.15, 0.2) is 12.4 Å². The molecule has 2 heterocycles. The second-order valence-electron chi connectivity index (χ2n) is 6.43. The molecule has 32 heavy (non-hydrogen) atoms. The molecule has 0 bridgehead atoms. The number of aromatic nitrogens is 3. The molecule has 2 N–H and O–H groups in total. The van der Waals surface area contributed by atoms with Crippen molar-refractivity contribution in [2.45, 2.75) is 0 Å². The minimum Gasteiger partial charge on any atom is -0.450 e. The number of ether oxygens (including phenoxy) is 1. The van der Waals surface area contributed by atoms with Crippen LogP contribution >= 0.6 is 11.3 Å². The van der Waals surface area contributed by atoms with Crippen LogP contribution in [0.25, 0.3) is 16.4 Å². The van der Waals surface area contributed by atoms with E-state index in [-0.39, 0.29) is 5.82 Å². The van der Waals surface area contributed by atoms with Crippen LogP contribution in [0.2, 0.25) is 0 Å². The summed E-state index contributed by atoms with van der Waals surface area (Å²) in [5.74, 6) is -1.75. The van der Waals surface area contributed by atoms with Crippen LogP contribution in [0.1, 0.15) is 21.0 Å². The van der Waals surface area contributed by atoms with E-state index in [0.717, 1.165) is 10.6 Å². The van der Waals surface area contributed by atoms with Crippen LogP contribution in [0.15, 0.2) is 78.2 Å². The SMILES string of the molecule is O=C(COC(=O)c1nc(-c2cccs2)n(-c2ccccc2)n1)NNC(=O)c1ccccc1. The molecule has 0 fully saturated rings. The summed E-state index contributed by atoms with van der Waals surface area (Å²) in [4.78, 5) is 41.5. The third-order valence-corrected chi connectivity index (χ3v) is 5.08.